The maximum absolute atomic E-state index is 12.5. The molecule has 6 heteroatoms. The van der Waals surface area contributed by atoms with Crippen LogP contribution in [0.15, 0.2) is 78.9 Å². The summed E-state index contributed by atoms with van der Waals surface area (Å²) >= 11 is 12.4. The lowest BCUT2D eigenvalue weighted by Gasteiger charge is -2.21. The second kappa shape index (κ2) is 9.40. The summed E-state index contributed by atoms with van der Waals surface area (Å²) in [5, 5.41) is 6.53. The van der Waals surface area contributed by atoms with Crippen molar-refractivity contribution in [3.63, 3.8) is 0 Å². The minimum absolute atomic E-state index is 0.151. The maximum atomic E-state index is 12.5. The van der Waals surface area contributed by atoms with Crippen LogP contribution in [-0.2, 0) is 4.79 Å². The van der Waals surface area contributed by atoms with E-state index in [9.17, 15) is 9.59 Å². The van der Waals surface area contributed by atoms with Crippen molar-refractivity contribution in [1.29, 1.82) is 0 Å². The van der Waals surface area contributed by atoms with Gasteiger partial charge in [0.2, 0.25) is 5.91 Å². The zero-order valence-electron chi connectivity index (χ0n) is 14.9. The SMILES string of the molecule is O=C(CNC(=O)c1ccccc1)NC(c1ccccc1)c1ccc(Cl)cc1Cl. The fourth-order valence-corrected chi connectivity index (χ4v) is 3.30. The molecule has 3 aromatic carbocycles. The van der Waals surface area contributed by atoms with Gasteiger partial charge in [-0.15, -0.1) is 0 Å². The number of carbonyl (C=O) groups excluding carboxylic acids is 2. The van der Waals surface area contributed by atoms with Crippen LogP contribution in [0, 0.1) is 0 Å². The molecule has 28 heavy (non-hydrogen) atoms. The molecule has 0 bridgehead atoms. The first kappa shape index (κ1) is 19.9. The standard InChI is InChI=1S/C22H18Cl2N2O2/c23-17-11-12-18(19(24)13-17)21(15-7-3-1-4-8-15)26-20(27)14-25-22(28)16-9-5-2-6-10-16/h1-13,21H,14H2,(H,25,28)(H,26,27). The minimum atomic E-state index is -0.466. The van der Waals surface area contributed by atoms with Crippen LogP contribution in [0.1, 0.15) is 27.5 Å². The monoisotopic (exact) mass is 412 g/mol. The van der Waals surface area contributed by atoms with Gasteiger partial charge in [-0.05, 0) is 35.4 Å². The number of nitrogens with one attached hydrogen (secondary N) is 2. The van der Waals surface area contributed by atoms with E-state index in [1.165, 1.54) is 0 Å². The van der Waals surface area contributed by atoms with Crippen LogP contribution >= 0.6 is 23.2 Å². The average Bonchev–Trinajstić information content (AvgIpc) is 2.72. The van der Waals surface area contributed by atoms with Gasteiger partial charge >= 0.3 is 0 Å². The normalized spacial score (nSPS) is 11.5. The highest BCUT2D eigenvalue weighted by Crippen LogP contribution is 2.30. The van der Waals surface area contributed by atoms with Gasteiger partial charge in [-0.1, -0.05) is 77.8 Å². The third-order valence-corrected chi connectivity index (χ3v) is 4.72. The Hall–Kier alpha value is -2.82. The van der Waals surface area contributed by atoms with Gasteiger partial charge in [-0.3, -0.25) is 9.59 Å². The van der Waals surface area contributed by atoms with Crippen LogP contribution in [-0.4, -0.2) is 18.4 Å². The predicted octanol–water partition coefficient (Wildman–Crippen LogP) is 4.63. The highest BCUT2D eigenvalue weighted by Gasteiger charge is 2.20. The summed E-state index contributed by atoms with van der Waals surface area (Å²) in [6.07, 6.45) is 0. The number of hydrogen-bond acceptors (Lipinski definition) is 2. The lowest BCUT2D eigenvalue weighted by molar-refractivity contribution is -0.120. The maximum Gasteiger partial charge on any atom is 0.251 e. The summed E-state index contributed by atoms with van der Waals surface area (Å²) in [5.74, 6) is -0.638. The van der Waals surface area contributed by atoms with Crippen LogP contribution < -0.4 is 10.6 Å². The van der Waals surface area contributed by atoms with Gasteiger partial charge < -0.3 is 10.6 Å². The first-order valence-electron chi connectivity index (χ1n) is 8.67. The van der Waals surface area contributed by atoms with Gasteiger partial charge in [0.25, 0.3) is 5.91 Å². The molecule has 0 aliphatic heterocycles. The number of rotatable bonds is 6. The van der Waals surface area contributed by atoms with Crippen molar-refractivity contribution < 1.29 is 9.59 Å². The molecule has 1 atom stereocenters. The van der Waals surface area contributed by atoms with Crippen LogP contribution in [0.2, 0.25) is 10.0 Å². The number of halogens is 2. The lowest BCUT2D eigenvalue weighted by atomic mass is 9.98. The smallest absolute Gasteiger partial charge is 0.251 e. The van der Waals surface area contributed by atoms with Crippen LogP contribution in [0.5, 0.6) is 0 Å². The molecular formula is C22H18Cl2N2O2. The second-order valence-corrected chi connectivity index (χ2v) is 6.97. The van der Waals surface area contributed by atoms with E-state index in [-0.39, 0.29) is 18.4 Å². The van der Waals surface area contributed by atoms with Gasteiger partial charge in [0, 0.05) is 15.6 Å². The van der Waals surface area contributed by atoms with Crippen molar-refractivity contribution >= 4 is 35.0 Å². The Labute approximate surface area is 173 Å². The fraction of sp³-hybridized carbons (Fsp3) is 0.0909. The summed E-state index contributed by atoms with van der Waals surface area (Å²) in [7, 11) is 0. The molecule has 0 radical (unpaired) electrons. The molecule has 3 aromatic rings. The summed E-state index contributed by atoms with van der Waals surface area (Å²) in [5.41, 5.74) is 2.09. The molecule has 0 heterocycles. The van der Waals surface area contributed by atoms with Gasteiger partial charge in [0.05, 0.1) is 12.6 Å². The van der Waals surface area contributed by atoms with Gasteiger partial charge in [-0.2, -0.15) is 0 Å². The highest BCUT2D eigenvalue weighted by molar-refractivity contribution is 6.35. The van der Waals surface area contributed by atoms with E-state index >= 15 is 0 Å². The summed E-state index contributed by atoms with van der Waals surface area (Å²) < 4.78 is 0. The summed E-state index contributed by atoms with van der Waals surface area (Å²) in [6, 6.07) is 22.9. The fourth-order valence-electron chi connectivity index (χ4n) is 2.79. The zero-order valence-corrected chi connectivity index (χ0v) is 16.4. The molecule has 0 saturated carbocycles. The number of carbonyl (C=O) groups is 2. The molecule has 0 fully saturated rings. The Kier molecular flexibility index (Phi) is 6.69. The Balaban J connectivity index is 1.74. The Morgan fingerprint density at radius 3 is 2.14 bits per heavy atom. The third-order valence-electron chi connectivity index (χ3n) is 4.16. The molecular weight excluding hydrogens is 395 g/mol. The molecule has 4 nitrogen and oxygen atoms in total. The third kappa shape index (κ3) is 5.12. The molecule has 1 unspecified atom stereocenters. The molecule has 142 valence electrons. The first-order chi connectivity index (χ1) is 13.5. The first-order valence-corrected chi connectivity index (χ1v) is 9.42. The van der Waals surface area contributed by atoms with Crippen molar-refractivity contribution in [1.82, 2.24) is 10.6 Å². The Morgan fingerprint density at radius 1 is 0.857 bits per heavy atom. The van der Waals surface area contributed by atoms with E-state index < -0.39 is 6.04 Å². The van der Waals surface area contributed by atoms with E-state index in [4.69, 9.17) is 23.2 Å². The highest BCUT2D eigenvalue weighted by atomic mass is 35.5. The Morgan fingerprint density at radius 2 is 1.50 bits per heavy atom. The average molecular weight is 413 g/mol. The molecule has 0 aromatic heterocycles. The van der Waals surface area contributed by atoms with Crippen molar-refractivity contribution in [3.8, 4) is 0 Å². The minimum Gasteiger partial charge on any atom is -0.344 e. The quantitative estimate of drug-likeness (QED) is 0.619. The summed E-state index contributed by atoms with van der Waals surface area (Å²) in [4.78, 5) is 24.7. The van der Waals surface area contributed by atoms with Crippen molar-refractivity contribution in [2.45, 2.75) is 6.04 Å². The molecule has 0 aliphatic rings. The van der Waals surface area contributed by atoms with Gasteiger partial charge in [-0.25, -0.2) is 0 Å². The van der Waals surface area contributed by atoms with Crippen LogP contribution in [0.4, 0.5) is 0 Å². The number of amides is 2. The molecule has 0 aliphatic carbocycles. The van der Waals surface area contributed by atoms with Crippen molar-refractivity contribution in [2.75, 3.05) is 6.54 Å². The molecule has 0 spiro atoms. The van der Waals surface area contributed by atoms with Crippen LogP contribution in [0.3, 0.4) is 0 Å². The van der Waals surface area contributed by atoms with Gasteiger partial charge in [0.15, 0.2) is 0 Å². The number of benzene rings is 3. The molecule has 2 N–H and O–H groups in total. The van der Waals surface area contributed by atoms with E-state index in [1.807, 2.05) is 36.4 Å². The van der Waals surface area contributed by atoms with E-state index in [0.717, 1.165) is 11.1 Å². The van der Waals surface area contributed by atoms with Gasteiger partial charge in [0.1, 0.15) is 0 Å². The van der Waals surface area contributed by atoms with Crippen molar-refractivity contribution in [3.05, 3.63) is 106 Å². The summed E-state index contributed by atoms with van der Waals surface area (Å²) in [6.45, 7) is -0.151. The Bertz CT molecular complexity index is 963. The van der Waals surface area contributed by atoms with E-state index in [1.54, 1.807) is 42.5 Å². The van der Waals surface area contributed by atoms with E-state index in [2.05, 4.69) is 10.6 Å². The number of hydrogen-bond donors (Lipinski definition) is 2. The second-order valence-electron chi connectivity index (χ2n) is 6.13. The predicted molar refractivity (Wildman–Crippen MR) is 112 cm³/mol. The molecule has 0 saturated heterocycles. The molecule has 3 rings (SSSR count). The topological polar surface area (TPSA) is 58.2 Å². The zero-order chi connectivity index (χ0) is 19.9. The molecule has 2 amide bonds. The van der Waals surface area contributed by atoms with Crippen LogP contribution in [0.25, 0.3) is 0 Å². The largest absolute Gasteiger partial charge is 0.344 e. The van der Waals surface area contributed by atoms with E-state index in [0.29, 0.717) is 15.6 Å². The lowest BCUT2D eigenvalue weighted by Crippen LogP contribution is -2.39. The van der Waals surface area contributed by atoms with Crippen molar-refractivity contribution in [2.24, 2.45) is 0 Å².